The molecular formula is C22H18ClN3O3S. The molecule has 3 aromatic carbocycles. The lowest BCUT2D eigenvalue weighted by Crippen LogP contribution is -2.12. The summed E-state index contributed by atoms with van der Waals surface area (Å²) in [6.45, 7) is 0. The predicted molar refractivity (Wildman–Crippen MR) is 119 cm³/mol. The molecule has 0 spiro atoms. The summed E-state index contributed by atoms with van der Waals surface area (Å²) in [4.78, 5) is 20.3. The van der Waals surface area contributed by atoms with Crippen LogP contribution >= 0.6 is 11.6 Å². The van der Waals surface area contributed by atoms with Gasteiger partial charge in [0.25, 0.3) is 5.91 Å². The first-order chi connectivity index (χ1) is 14.3. The molecule has 2 N–H and O–H groups in total. The van der Waals surface area contributed by atoms with Crippen LogP contribution in [0.1, 0.15) is 15.9 Å². The number of sulfone groups is 1. The fourth-order valence-electron chi connectivity index (χ4n) is 3.13. The molecule has 6 nitrogen and oxygen atoms in total. The second kappa shape index (κ2) is 7.93. The second-order valence-electron chi connectivity index (χ2n) is 7.02. The van der Waals surface area contributed by atoms with Gasteiger partial charge in [0.1, 0.15) is 5.82 Å². The SMILES string of the molecule is CS(=O)(=O)Cc1ccc(C(=O)Nc2ccc3nc(-c4ccccc4Cl)[nH]c3c2)cc1. The predicted octanol–water partition coefficient (Wildman–Crippen LogP) is 4.68. The van der Waals surface area contributed by atoms with Gasteiger partial charge in [0.2, 0.25) is 0 Å². The Labute approximate surface area is 178 Å². The third-order valence-corrected chi connectivity index (χ3v) is 5.70. The van der Waals surface area contributed by atoms with Gasteiger partial charge in [-0.05, 0) is 48.0 Å². The fraction of sp³-hybridized carbons (Fsp3) is 0.0909. The summed E-state index contributed by atoms with van der Waals surface area (Å²) in [5.41, 5.74) is 4.02. The molecule has 0 unspecified atom stereocenters. The highest BCUT2D eigenvalue weighted by molar-refractivity contribution is 7.89. The molecule has 30 heavy (non-hydrogen) atoms. The van der Waals surface area contributed by atoms with E-state index in [1.54, 1.807) is 42.5 Å². The summed E-state index contributed by atoms with van der Waals surface area (Å²) in [6.07, 6.45) is 1.18. The summed E-state index contributed by atoms with van der Waals surface area (Å²) in [5.74, 6) is 0.311. The van der Waals surface area contributed by atoms with E-state index in [0.717, 1.165) is 16.6 Å². The standard InChI is InChI=1S/C22H18ClN3O3S/c1-30(28,29)13-14-6-8-15(9-7-14)22(27)24-16-10-11-19-20(12-16)26-21(25-19)17-4-2-3-5-18(17)23/h2-12H,13H2,1H3,(H,24,27)(H,25,26). The van der Waals surface area contributed by atoms with E-state index < -0.39 is 9.84 Å². The molecule has 0 radical (unpaired) electrons. The van der Waals surface area contributed by atoms with Crippen molar-refractivity contribution in [1.82, 2.24) is 9.97 Å². The van der Waals surface area contributed by atoms with Gasteiger partial charge in [0, 0.05) is 23.1 Å². The van der Waals surface area contributed by atoms with Gasteiger partial charge in [-0.3, -0.25) is 4.79 Å². The van der Waals surface area contributed by atoms with Gasteiger partial charge < -0.3 is 10.3 Å². The Morgan fingerprint density at radius 2 is 1.80 bits per heavy atom. The van der Waals surface area contributed by atoms with Gasteiger partial charge >= 0.3 is 0 Å². The molecule has 0 aliphatic carbocycles. The van der Waals surface area contributed by atoms with Crippen LogP contribution in [0.4, 0.5) is 5.69 Å². The van der Waals surface area contributed by atoms with Crippen molar-refractivity contribution in [2.75, 3.05) is 11.6 Å². The minimum Gasteiger partial charge on any atom is -0.338 e. The number of rotatable bonds is 5. The molecule has 0 fully saturated rings. The highest BCUT2D eigenvalue weighted by atomic mass is 35.5. The molecular weight excluding hydrogens is 422 g/mol. The van der Waals surface area contributed by atoms with Crippen LogP contribution in [0.3, 0.4) is 0 Å². The molecule has 1 heterocycles. The number of benzene rings is 3. The summed E-state index contributed by atoms with van der Waals surface area (Å²) >= 11 is 6.25. The number of H-pyrrole nitrogens is 1. The zero-order valence-electron chi connectivity index (χ0n) is 16.0. The summed E-state index contributed by atoms with van der Waals surface area (Å²) in [6, 6.07) is 19.3. The van der Waals surface area contributed by atoms with Crippen molar-refractivity contribution in [3.05, 3.63) is 82.9 Å². The molecule has 8 heteroatoms. The highest BCUT2D eigenvalue weighted by Crippen LogP contribution is 2.28. The van der Waals surface area contributed by atoms with Crippen LogP contribution in [-0.4, -0.2) is 30.5 Å². The van der Waals surface area contributed by atoms with Crippen molar-refractivity contribution >= 4 is 44.1 Å². The summed E-state index contributed by atoms with van der Waals surface area (Å²) < 4.78 is 22.8. The number of fused-ring (bicyclic) bond motifs is 1. The molecule has 0 aliphatic heterocycles. The third-order valence-electron chi connectivity index (χ3n) is 4.51. The number of aromatic nitrogens is 2. The normalized spacial score (nSPS) is 11.5. The first-order valence-electron chi connectivity index (χ1n) is 9.11. The van der Waals surface area contributed by atoms with Crippen LogP contribution in [0, 0.1) is 0 Å². The van der Waals surface area contributed by atoms with E-state index in [9.17, 15) is 13.2 Å². The van der Waals surface area contributed by atoms with E-state index in [4.69, 9.17) is 11.6 Å². The number of hydrogen-bond acceptors (Lipinski definition) is 4. The highest BCUT2D eigenvalue weighted by Gasteiger charge is 2.11. The molecule has 0 aliphatic rings. The van der Waals surface area contributed by atoms with E-state index in [2.05, 4.69) is 15.3 Å². The number of anilines is 1. The zero-order valence-corrected chi connectivity index (χ0v) is 17.6. The quantitative estimate of drug-likeness (QED) is 0.472. The van der Waals surface area contributed by atoms with Crippen molar-refractivity contribution in [1.29, 1.82) is 0 Å². The Morgan fingerprint density at radius 1 is 1.07 bits per heavy atom. The molecule has 1 aromatic heterocycles. The number of hydrogen-bond donors (Lipinski definition) is 2. The van der Waals surface area contributed by atoms with Crippen LogP contribution in [0.15, 0.2) is 66.7 Å². The van der Waals surface area contributed by atoms with Crippen molar-refractivity contribution in [2.45, 2.75) is 5.75 Å². The lowest BCUT2D eigenvalue weighted by molar-refractivity contribution is 0.102. The topological polar surface area (TPSA) is 91.9 Å². The molecule has 0 bridgehead atoms. The molecule has 0 saturated heterocycles. The van der Waals surface area contributed by atoms with Crippen molar-refractivity contribution in [3.8, 4) is 11.4 Å². The van der Waals surface area contributed by atoms with Crippen LogP contribution in [-0.2, 0) is 15.6 Å². The lowest BCUT2D eigenvalue weighted by atomic mass is 10.1. The average molecular weight is 440 g/mol. The first kappa shape index (κ1) is 20.1. The van der Waals surface area contributed by atoms with Gasteiger partial charge in [-0.1, -0.05) is 35.9 Å². The number of aromatic amines is 1. The van der Waals surface area contributed by atoms with Crippen molar-refractivity contribution in [3.63, 3.8) is 0 Å². The van der Waals surface area contributed by atoms with Crippen LogP contribution in [0.2, 0.25) is 5.02 Å². The van der Waals surface area contributed by atoms with Gasteiger partial charge in [-0.25, -0.2) is 13.4 Å². The van der Waals surface area contributed by atoms with Gasteiger partial charge in [-0.15, -0.1) is 0 Å². The Morgan fingerprint density at radius 3 is 2.50 bits per heavy atom. The Kier molecular flexibility index (Phi) is 5.32. The van der Waals surface area contributed by atoms with E-state index >= 15 is 0 Å². The van der Waals surface area contributed by atoms with E-state index in [1.807, 2.05) is 24.3 Å². The second-order valence-corrected chi connectivity index (χ2v) is 9.57. The Balaban J connectivity index is 1.54. The van der Waals surface area contributed by atoms with Crippen LogP contribution in [0.25, 0.3) is 22.4 Å². The molecule has 4 rings (SSSR count). The molecule has 152 valence electrons. The Bertz CT molecular complexity index is 1350. The molecule has 0 atom stereocenters. The smallest absolute Gasteiger partial charge is 0.255 e. The largest absolute Gasteiger partial charge is 0.338 e. The number of imidazole rings is 1. The maximum Gasteiger partial charge on any atom is 0.255 e. The van der Waals surface area contributed by atoms with E-state index in [-0.39, 0.29) is 11.7 Å². The van der Waals surface area contributed by atoms with Gasteiger partial charge in [-0.2, -0.15) is 0 Å². The van der Waals surface area contributed by atoms with E-state index in [1.165, 1.54) is 6.26 Å². The number of carbonyl (C=O) groups excluding carboxylic acids is 1. The first-order valence-corrected chi connectivity index (χ1v) is 11.5. The van der Waals surface area contributed by atoms with Crippen molar-refractivity contribution in [2.24, 2.45) is 0 Å². The third kappa shape index (κ3) is 4.53. The average Bonchev–Trinajstić information content (AvgIpc) is 3.10. The summed E-state index contributed by atoms with van der Waals surface area (Å²) in [5, 5.41) is 3.45. The fourth-order valence-corrected chi connectivity index (χ4v) is 4.15. The van der Waals surface area contributed by atoms with Crippen LogP contribution in [0.5, 0.6) is 0 Å². The minimum atomic E-state index is -3.12. The van der Waals surface area contributed by atoms with Gasteiger partial charge in [0.05, 0.1) is 21.8 Å². The number of nitrogens with zero attached hydrogens (tertiary/aromatic N) is 1. The monoisotopic (exact) mass is 439 g/mol. The lowest BCUT2D eigenvalue weighted by Gasteiger charge is -2.06. The maximum atomic E-state index is 12.5. The maximum absolute atomic E-state index is 12.5. The van der Waals surface area contributed by atoms with Crippen molar-refractivity contribution < 1.29 is 13.2 Å². The zero-order chi connectivity index (χ0) is 21.3. The molecule has 0 saturated carbocycles. The van der Waals surface area contributed by atoms with Crippen LogP contribution < -0.4 is 5.32 Å². The molecule has 4 aromatic rings. The summed E-state index contributed by atoms with van der Waals surface area (Å²) in [7, 11) is -3.12. The number of carbonyl (C=O) groups is 1. The van der Waals surface area contributed by atoms with Gasteiger partial charge in [0.15, 0.2) is 9.84 Å². The van der Waals surface area contributed by atoms with E-state index in [0.29, 0.717) is 27.7 Å². The molecule has 1 amide bonds. The number of amides is 1. The Hall–Kier alpha value is -3.16. The minimum absolute atomic E-state index is 0.0564. The number of nitrogens with one attached hydrogen (secondary N) is 2. The number of halogens is 1.